The summed E-state index contributed by atoms with van der Waals surface area (Å²) in [4.78, 5) is 35.8. The molecule has 0 bridgehead atoms. The van der Waals surface area contributed by atoms with Crippen molar-refractivity contribution in [3.63, 3.8) is 0 Å². The van der Waals surface area contributed by atoms with Gasteiger partial charge in [-0.3, -0.25) is 9.69 Å². The van der Waals surface area contributed by atoms with Crippen LogP contribution in [0.2, 0.25) is 0 Å². The fourth-order valence-electron chi connectivity index (χ4n) is 3.56. The Balaban J connectivity index is 1.38. The minimum absolute atomic E-state index is 0.00317. The van der Waals surface area contributed by atoms with Crippen LogP contribution in [0.5, 0.6) is 0 Å². The van der Waals surface area contributed by atoms with E-state index in [1.807, 2.05) is 10.8 Å². The Labute approximate surface area is 201 Å². The summed E-state index contributed by atoms with van der Waals surface area (Å²) in [6.45, 7) is 2.55. The van der Waals surface area contributed by atoms with Crippen molar-refractivity contribution in [1.29, 1.82) is 0 Å². The lowest BCUT2D eigenvalue weighted by atomic mass is 10.2. The van der Waals surface area contributed by atoms with E-state index in [2.05, 4.69) is 20.6 Å². The van der Waals surface area contributed by atoms with E-state index in [0.29, 0.717) is 29.7 Å². The number of carbonyl (C=O) groups is 2. The highest BCUT2D eigenvalue weighted by molar-refractivity contribution is 7.17. The van der Waals surface area contributed by atoms with E-state index in [-0.39, 0.29) is 30.4 Å². The SMILES string of the molecule is O=C(NCCCn1ccnc1)c1cnc(N(Cc2ccc(F)cc2)C(=O)NCC2CCCO2)s1. The molecular weight excluding hydrogens is 459 g/mol. The molecule has 11 heteroatoms. The Kier molecular flexibility index (Phi) is 8.21. The highest BCUT2D eigenvalue weighted by Crippen LogP contribution is 2.25. The van der Waals surface area contributed by atoms with Gasteiger partial charge in [-0.05, 0) is 37.0 Å². The third kappa shape index (κ3) is 6.61. The van der Waals surface area contributed by atoms with Crippen molar-refractivity contribution in [3.8, 4) is 0 Å². The van der Waals surface area contributed by atoms with Gasteiger partial charge in [-0.25, -0.2) is 19.2 Å². The topological polar surface area (TPSA) is 101 Å². The zero-order valence-electron chi connectivity index (χ0n) is 18.7. The Hall–Kier alpha value is -3.31. The Morgan fingerprint density at radius 1 is 1.26 bits per heavy atom. The zero-order valence-corrected chi connectivity index (χ0v) is 19.5. The minimum Gasteiger partial charge on any atom is -0.376 e. The number of aromatic nitrogens is 3. The zero-order chi connectivity index (χ0) is 23.8. The first-order valence-corrected chi connectivity index (χ1v) is 12.0. The molecule has 0 radical (unpaired) electrons. The lowest BCUT2D eigenvalue weighted by Gasteiger charge is -2.21. The normalized spacial score (nSPS) is 15.3. The summed E-state index contributed by atoms with van der Waals surface area (Å²) in [6.07, 6.45) is 9.43. The number of ether oxygens (including phenoxy) is 1. The van der Waals surface area contributed by atoms with Crippen molar-refractivity contribution in [2.45, 2.75) is 38.5 Å². The summed E-state index contributed by atoms with van der Waals surface area (Å²) in [6, 6.07) is 5.60. The maximum Gasteiger partial charge on any atom is 0.324 e. The predicted molar refractivity (Wildman–Crippen MR) is 126 cm³/mol. The number of thiazole rings is 1. The molecule has 1 aliphatic rings. The van der Waals surface area contributed by atoms with Crippen molar-refractivity contribution in [2.75, 3.05) is 24.6 Å². The molecule has 3 amide bonds. The number of carbonyl (C=O) groups excluding carboxylic acids is 2. The number of urea groups is 1. The number of hydrogen-bond donors (Lipinski definition) is 2. The number of nitrogens with zero attached hydrogens (tertiary/aromatic N) is 4. The summed E-state index contributed by atoms with van der Waals surface area (Å²) in [5, 5.41) is 6.16. The summed E-state index contributed by atoms with van der Waals surface area (Å²) in [5.41, 5.74) is 0.745. The number of halogens is 1. The van der Waals surface area contributed by atoms with Gasteiger partial charge in [-0.2, -0.15) is 0 Å². The molecule has 0 aliphatic carbocycles. The average Bonchev–Trinajstić information content (AvgIpc) is 3.62. The smallest absolute Gasteiger partial charge is 0.324 e. The van der Waals surface area contributed by atoms with Crippen LogP contribution in [0.25, 0.3) is 0 Å². The van der Waals surface area contributed by atoms with Gasteiger partial charge in [0, 0.05) is 38.6 Å². The molecule has 180 valence electrons. The molecule has 1 aliphatic heterocycles. The van der Waals surface area contributed by atoms with Crippen molar-refractivity contribution in [1.82, 2.24) is 25.2 Å². The summed E-state index contributed by atoms with van der Waals surface area (Å²) in [7, 11) is 0. The number of amides is 3. The molecule has 9 nitrogen and oxygen atoms in total. The highest BCUT2D eigenvalue weighted by Gasteiger charge is 2.23. The lowest BCUT2D eigenvalue weighted by molar-refractivity contribution is 0.0956. The van der Waals surface area contributed by atoms with Crippen molar-refractivity contribution >= 4 is 28.4 Å². The Morgan fingerprint density at radius 3 is 2.85 bits per heavy atom. The van der Waals surface area contributed by atoms with Crippen LogP contribution in [-0.4, -0.2) is 52.3 Å². The maximum absolute atomic E-state index is 13.3. The second-order valence-electron chi connectivity index (χ2n) is 7.95. The fraction of sp³-hybridized carbons (Fsp3) is 0.391. The number of aryl methyl sites for hydroxylation is 1. The monoisotopic (exact) mass is 486 g/mol. The summed E-state index contributed by atoms with van der Waals surface area (Å²) >= 11 is 1.14. The third-order valence-electron chi connectivity index (χ3n) is 5.39. The first kappa shape index (κ1) is 23.8. The Bertz CT molecular complexity index is 1070. The number of anilines is 1. The molecule has 1 saturated heterocycles. The number of hydrogen-bond acceptors (Lipinski definition) is 6. The van der Waals surface area contributed by atoms with Gasteiger partial charge in [0.2, 0.25) is 0 Å². The van der Waals surface area contributed by atoms with Gasteiger partial charge in [-0.1, -0.05) is 23.5 Å². The molecular formula is C23H27FN6O3S. The van der Waals surface area contributed by atoms with Crippen LogP contribution in [0, 0.1) is 5.82 Å². The van der Waals surface area contributed by atoms with Gasteiger partial charge in [0.05, 0.1) is 25.2 Å². The quantitative estimate of drug-likeness (QED) is 0.429. The first-order chi connectivity index (χ1) is 16.6. The number of rotatable bonds is 10. The average molecular weight is 487 g/mol. The van der Waals surface area contributed by atoms with E-state index in [4.69, 9.17) is 4.74 Å². The van der Waals surface area contributed by atoms with E-state index >= 15 is 0 Å². The van der Waals surface area contributed by atoms with E-state index in [0.717, 1.165) is 42.7 Å². The van der Waals surface area contributed by atoms with Crippen LogP contribution >= 0.6 is 11.3 Å². The van der Waals surface area contributed by atoms with Crippen LogP contribution in [0.1, 0.15) is 34.5 Å². The number of imidazole rings is 1. The summed E-state index contributed by atoms with van der Waals surface area (Å²) in [5.74, 6) is -0.588. The van der Waals surface area contributed by atoms with Crippen molar-refractivity contribution in [2.24, 2.45) is 0 Å². The first-order valence-electron chi connectivity index (χ1n) is 11.2. The van der Waals surface area contributed by atoms with Crippen LogP contribution < -0.4 is 15.5 Å². The standard InChI is InChI=1S/C23H27FN6O3S/c24-18-6-4-17(5-7-18)15-30(22(32)27-13-19-3-1-12-33-19)23-28-14-20(34-23)21(31)26-8-2-10-29-11-9-25-16-29/h4-7,9,11,14,16,19H,1-3,8,10,12-13,15H2,(H,26,31)(H,27,32). The second kappa shape index (κ2) is 11.7. The van der Waals surface area contributed by atoms with E-state index < -0.39 is 0 Å². The molecule has 0 saturated carbocycles. The molecule has 3 heterocycles. The molecule has 2 N–H and O–H groups in total. The maximum atomic E-state index is 13.3. The van der Waals surface area contributed by atoms with Crippen molar-refractivity contribution < 1.29 is 18.7 Å². The number of nitrogens with one attached hydrogen (secondary N) is 2. The Morgan fingerprint density at radius 2 is 2.12 bits per heavy atom. The van der Waals surface area contributed by atoms with Gasteiger partial charge in [0.15, 0.2) is 5.13 Å². The third-order valence-corrected chi connectivity index (χ3v) is 6.41. The molecule has 1 fully saturated rings. The van der Waals surface area contributed by atoms with E-state index in [1.165, 1.54) is 23.2 Å². The second-order valence-corrected chi connectivity index (χ2v) is 8.96. The highest BCUT2D eigenvalue weighted by atomic mass is 32.1. The minimum atomic E-state index is -0.348. The van der Waals surface area contributed by atoms with Crippen LogP contribution in [0.3, 0.4) is 0 Å². The largest absolute Gasteiger partial charge is 0.376 e. The molecule has 0 spiro atoms. The molecule has 34 heavy (non-hydrogen) atoms. The lowest BCUT2D eigenvalue weighted by Crippen LogP contribution is -2.42. The molecule has 3 aromatic rings. The van der Waals surface area contributed by atoms with E-state index in [9.17, 15) is 14.0 Å². The fourth-order valence-corrected chi connectivity index (χ4v) is 4.39. The molecule has 2 aromatic heterocycles. The van der Waals surface area contributed by atoms with E-state index in [1.54, 1.807) is 24.7 Å². The van der Waals surface area contributed by atoms with Crippen LogP contribution in [0.15, 0.2) is 49.2 Å². The van der Waals surface area contributed by atoms with Crippen LogP contribution in [-0.2, 0) is 17.8 Å². The van der Waals surface area contributed by atoms with Gasteiger partial charge in [0.1, 0.15) is 10.7 Å². The van der Waals surface area contributed by atoms with Gasteiger partial charge >= 0.3 is 6.03 Å². The predicted octanol–water partition coefficient (Wildman–Crippen LogP) is 3.19. The van der Waals surface area contributed by atoms with Crippen LogP contribution in [0.4, 0.5) is 14.3 Å². The number of benzene rings is 1. The molecule has 1 atom stereocenters. The van der Waals surface area contributed by atoms with Gasteiger partial charge in [0.25, 0.3) is 5.91 Å². The molecule has 4 rings (SSSR count). The van der Waals surface area contributed by atoms with Gasteiger partial charge in [-0.15, -0.1) is 0 Å². The van der Waals surface area contributed by atoms with Gasteiger partial charge < -0.3 is 19.9 Å². The molecule has 1 unspecified atom stereocenters. The molecule has 1 aromatic carbocycles. The van der Waals surface area contributed by atoms with Crippen molar-refractivity contribution in [3.05, 3.63) is 65.4 Å². The summed E-state index contributed by atoms with van der Waals surface area (Å²) < 4.78 is 20.9.